The Hall–Kier alpha value is -0.140. The summed E-state index contributed by atoms with van der Waals surface area (Å²) in [6, 6.07) is 4.16. The number of rotatable bonds is 11. The summed E-state index contributed by atoms with van der Waals surface area (Å²) in [6.07, 6.45) is 1.99. The molecule has 0 aliphatic rings. The number of benzene rings is 1. The van der Waals surface area contributed by atoms with Gasteiger partial charge in [-0.2, -0.15) is 0 Å². The molecule has 0 aliphatic carbocycles. The van der Waals surface area contributed by atoms with Gasteiger partial charge in [0, 0.05) is 33.9 Å². The highest BCUT2D eigenvalue weighted by molar-refractivity contribution is 9.11. The molecule has 1 aromatic rings. The third kappa shape index (κ3) is 7.61. The van der Waals surface area contributed by atoms with Crippen LogP contribution in [-0.2, 0) is 16.0 Å². The number of hydrogen-bond donors (Lipinski definition) is 1. The monoisotopic (exact) mass is 423 g/mol. The first-order valence-electron chi connectivity index (χ1n) is 6.98. The molecule has 1 rings (SSSR count). The summed E-state index contributed by atoms with van der Waals surface area (Å²) < 4.78 is 17.8. The summed E-state index contributed by atoms with van der Waals surface area (Å²) in [5.41, 5.74) is 1.19. The first-order valence-corrected chi connectivity index (χ1v) is 8.57. The molecule has 6 heteroatoms. The van der Waals surface area contributed by atoms with Crippen molar-refractivity contribution in [2.45, 2.75) is 19.4 Å². The second kappa shape index (κ2) is 11.4. The molecule has 0 aromatic heterocycles. The SMILES string of the molecule is COCCCCOc1c(Br)cc(CNCCOC)cc1Br. The fourth-order valence-electron chi connectivity index (χ4n) is 1.78. The van der Waals surface area contributed by atoms with Crippen LogP contribution in [0.1, 0.15) is 18.4 Å². The van der Waals surface area contributed by atoms with Gasteiger partial charge in [0.15, 0.2) is 0 Å². The molecule has 120 valence electrons. The maximum Gasteiger partial charge on any atom is 0.147 e. The van der Waals surface area contributed by atoms with Crippen molar-refractivity contribution < 1.29 is 14.2 Å². The quantitative estimate of drug-likeness (QED) is 0.549. The van der Waals surface area contributed by atoms with Crippen LogP contribution in [0.4, 0.5) is 0 Å². The highest BCUT2D eigenvalue weighted by atomic mass is 79.9. The minimum absolute atomic E-state index is 0.687. The van der Waals surface area contributed by atoms with E-state index in [0.717, 1.165) is 47.2 Å². The van der Waals surface area contributed by atoms with Gasteiger partial charge in [-0.05, 0) is 62.4 Å². The molecule has 0 spiro atoms. The molecule has 4 nitrogen and oxygen atoms in total. The Morgan fingerprint density at radius 1 is 0.952 bits per heavy atom. The lowest BCUT2D eigenvalue weighted by Gasteiger charge is -2.13. The highest BCUT2D eigenvalue weighted by Gasteiger charge is 2.09. The lowest BCUT2D eigenvalue weighted by Crippen LogP contribution is -2.18. The van der Waals surface area contributed by atoms with Gasteiger partial charge >= 0.3 is 0 Å². The molecule has 0 fully saturated rings. The van der Waals surface area contributed by atoms with Crippen molar-refractivity contribution in [1.29, 1.82) is 0 Å². The van der Waals surface area contributed by atoms with E-state index in [9.17, 15) is 0 Å². The Kier molecular flexibility index (Phi) is 10.3. The van der Waals surface area contributed by atoms with Crippen molar-refractivity contribution >= 4 is 31.9 Å². The minimum Gasteiger partial charge on any atom is -0.491 e. The first kappa shape index (κ1) is 18.9. The maximum atomic E-state index is 5.82. The normalized spacial score (nSPS) is 10.9. The van der Waals surface area contributed by atoms with E-state index >= 15 is 0 Å². The zero-order valence-corrected chi connectivity index (χ0v) is 15.8. The summed E-state index contributed by atoms with van der Waals surface area (Å²) in [5, 5.41) is 3.32. The van der Waals surface area contributed by atoms with Crippen molar-refractivity contribution in [1.82, 2.24) is 5.32 Å². The Balaban J connectivity index is 2.46. The van der Waals surface area contributed by atoms with Crippen LogP contribution in [0.2, 0.25) is 0 Å². The topological polar surface area (TPSA) is 39.7 Å². The number of hydrogen-bond acceptors (Lipinski definition) is 4. The Labute approximate surface area is 143 Å². The molecule has 0 saturated heterocycles. The predicted octanol–water partition coefficient (Wildman–Crippen LogP) is 3.75. The van der Waals surface area contributed by atoms with Crippen LogP contribution in [0.15, 0.2) is 21.1 Å². The van der Waals surface area contributed by atoms with E-state index in [0.29, 0.717) is 13.2 Å². The lowest BCUT2D eigenvalue weighted by molar-refractivity contribution is 0.184. The number of methoxy groups -OCH3 is 2. The van der Waals surface area contributed by atoms with E-state index in [1.165, 1.54) is 5.56 Å². The van der Waals surface area contributed by atoms with Gasteiger partial charge in [0.2, 0.25) is 0 Å². The molecule has 0 radical (unpaired) electrons. The molecule has 0 aliphatic heterocycles. The number of ether oxygens (including phenoxy) is 3. The zero-order chi connectivity index (χ0) is 15.5. The van der Waals surface area contributed by atoms with Crippen LogP contribution < -0.4 is 10.1 Å². The molecular weight excluding hydrogens is 402 g/mol. The Morgan fingerprint density at radius 2 is 1.57 bits per heavy atom. The average molecular weight is 425 g/mol. The number of nitrogens with one attached hydrogen (secondary N) is 1. The van der Waals surface area contributed by atoms with E-state index < -0.39 is 0 Å². The van der Waals surface area contributed by atoms with Crippen LogP contribution in [0.25, 0.3) is 0 Å². The summed E-state index contributed by atoms with van der Waals surface area (Å²) in [6.45, 7) is 3.81. The van der Waals surface area contributed by atoms with E-state index in [1.54, 1.807) is 14.2 Å². The molecule has 0 heterocycles. The van der Waals surface area contributed by atoms with Gasteiger partial charge in [0.25, 0.3) is 0 Å². The molecule has 0 atom stereocenters. The van der Waals surface area contributed by atoms with Gasteiger partial charge in [-0.3, -0.25) is 0 Å². The van der Waals surface area contributed by atoms with Crippen LogP contribution in [0, 0.1) is 0 Å². The molecular formula is C15H23Br2NO3. The molecule has 0 bridgehead atoms. The van der Waals surface area contributed by atoms with Crippen molar-refractivity contribution in [3.63, 3.8) is 0 Å². The molecule has 0 amide bonds. The van der Waals surface area contributed by atoms with Crippen molar-refractivity contribution in [2.24, 2.45) is 0 Å². The van der Waals surface area contributed by atoms with Gasteiger partial charge in [0.05, 0.1) is 22.2 Å². The second-order valence-corrected chi connectivity index (χ2v) is 6.32. The summed E-state index contributed by atoms with van der Waals surface area (Å²) in [5.74, 6) is 0.855. The van der Waals surface area contributed by atoms with E-state index in [1.807, 2.05) is 0 Å². The first-order chi connectivity index (χ1) is 10.2. The standard InChI is InChI=1S/C15H23Br2NO3/c1-19-6-3-4-7-21-15-13(16)9-12(10-14(15)17)11-18-5-8-20-2/h9-10,18H,3-8,11H2,1-2H3. The third-order valence-electron chi connectivity index (χ3n) is 2.86. The maximum absolute atomic E-state index is 5.82. The molecule has 21 heavy (non-hydrogen) atoms. The molecule has 0 unspecified atom stereocenters. The van der Waals surface area contributed by atoms with Crippen molar-refractivity contribution in [3.05, 3.63) is 26.6 Å². The smallest absolute Gasteiger partial charge is 0.147 e. The zero-order valence-electron chi connectivity index (χ0n) is 12.6. The van der Waals surface area contributed by atoms with Gasteiger partial charge in [-0.1, -0.05) is 0 Å². The van der Waals surface area contributed by atoms with E-state index in [2.05, 4.69) is 49.3 Å². The van der Waals surface area contributed by atoms with Gasteiger partial charge in [-0.25, -0.2) is 0 Å². The fourth-order valence-corrected chi connectivity index (χ4v) is 3.29. The van der Waals surface area contributed by atoms with Crippen LogP contribution in [0.3, 0.4) is 0 Å². The Bertz CT molecular complexity index is 393. The second-order valence-electron chi connectivity index (χ2n) is 4.61. The molecule has 0 saturated carbocycles. The van der Waals surface area contributed by atoms with Crippen molar-refractivity contribution in [3.8, 4) is 5.75 Å². The van der Waals surface area contributed by atoms with Gasteiger partial charge in [-0.15, -0.1) is 0 Å². The predicted molar refractivity (Wildman–Crippen MR) is 92.0 cm³/mol. The fraction of sp³-hybridized carbons (Fsp3) is 0.600. The summed E-state index contributed by atoms with van der Waals surface area (Å²) >= 11 is 7.14. The highest BCUT2D eigenvalue weighted by Crippen LogP contribution is 2.34. The van der Waals surface area contributed by atoms with E-state index in [4.69, 9.17) is 14.2 Å². The van der Waals surface area contributed by atoms with Gasteiger partial charge in [0.1, 0.15) is 5.75 Å². The van der Waals surface area contributed by atoms with Crippen LogP contribution >= 0.6 is 31.9 Å². The minimum atomic E-state index is 0.687. The number of halogens is 2. The van der Waals surface area contributed by atoms with Gasteiger partial charge < -0.3 is 19.5 Å². The molecule has 1 N–H and O–H groups in total. The molecule has 1 aromatic carbocycles. The largest absolute Gasteiger partial charge is 0.491 e. The Morgan fingerprint density at radius 3 is 2.19 bits per heavy atom. The average Bonchev–Trinajstić information content (AvgIpc) is 2.46. The lowest BCUT2D eigenvalue weighted by atomic mass is 10.2. The van der Waals surface area contributed by atoms with Crippen LogP contribution in [0.5, 0.6) is 5.75 Å². The van der Waals surface area contributed by atoms with Crippen LogP contribution in [-0.4, -0.2) is 40.6 Å². The third-order valence-corrected chi connectivity index (χ3v) is 4.04. The van der Waals surface area contributed by atoms with E-state index in [-0.39, 0.29) is 0 Å². The number of unbranched alkanes of at least 4 members (excludes halogenated alkanes) is 1. The summed E-state index contributed by atoms with van der Waals surface area (Å²) in [7, 11) is 3.42. The summed E-state index contributed by atoms with van der Waals surface area (Å²) in [4.78, 5) is 0. The van der Waals surface area contributed by atoms with Crippen molar-refractivity contribution in [2.75, 3.05) is 40.6 Å².